The van der Waals surface area contributed by atoms with Gasteiger partial charge in [0.1, 0.15) is 11.1 Å². The van der Waals surface area contributed by atoms with E-state index in [1.807, 2.05) is 30.3 Å². The number of aliphatic hydroxyl groups is 1. The molecule has 0 bridgehead atoms. The van der Waals surface area contributed by atoms with Crippen molar-refractivity contribution in [3.8, 4) is 11.5 Å². The minimum atomic E-state index is -0.776. The lowest BCUT2D eigenvalue weighted by molar-refractivity contribution is 0.219. The second-order valence-electron chi connectivity index (χ2n) is 4.54. The maximum atomic E-state index is 10.5. The molecule has 0 aliphatic carbocycles. The van der Waals surface area contributed by atoms with Gasteiger partial charge in [-0.05, 0) is 29.8 Å². The van der Waals surface area contributed by atoms with E-state index in [1.54, 1.807) is 26.4 Å². The third-order valence-corrected chi connectivity index (χ3v) is 4.36. The highest BCUT2D eigenvalue weighted by atomic mass is 32.1. The van der Waals surface area contributed by atoms with E-state index in [4.69, 9.17) is 9.47 Å². The van der Waals surface area contributed by atoms with Crippen LogP contribution in [0.1, 0.15) is 16.7 Å². The molecule has 0 spiro atoms. The van der Waals surface area contributed by atoms with E-state index in [0.29, 0.717) is 16.5 Å². The molecule has 3 rings (SSSR count). The lowest BCUT2D eigenvalue weighted by atomic mass is 10.1. The quantitative estimate of drug-likeness (QED) is 0.802. The first kappa shape index (κ1) is 13.9. The van der Waals surface area contributed by atoms with Crippen LogP contribution in [-0.2, 0) is 0 Å². The Bertz CT molecular complexity index is 736. The zero-order valence-electron chi connectivity index (χ0n) is 11.7. The van der Waals surface area contributed by atoms with Crippen molar-refractivity contribution >= 4 is 21.6 Å². The molecular formula is C16H15NO3S. The molecule has 1 N–H and O–H groups in total. The normalized spacial score (nSPS) is 12.3. The predicted molar refractivity (Wildman–Crippen MR) is 83.2 cm³/mol. The van der Waals surface area contributed by atoms with Gasteiger partial charge in [0.25, 0.3) is 0 Å². The molecule has 3 aromatic rings. The molecule has 2 aromatic carbocycles. The summed E-state index contributed by atoms with van der Waals surface area (Å²) in [4.78, 5) is 4.48. The van der Waals surface area contributed by atoms with Crippen molar-refractivity contribution < 1.29 is 14.6 Å². The molecule has 1 aromatic heterocycles. The van der Waals surface area contributed by atoms with Crippen molar-refractivity contribution in [2.24, 2.45) is 0 Å². The molecule has 0 fully saturated rings. The molecule has 0 radical (unpaired) electrons. The monoisotopic (exact) mass is 301 g/mol. The van der Waals surface area contributed by atoms with Gasteiger partial charge in [0.15, 0.2) is 11.5 Å². The van der Waals surface area contributed by atoms with E-state index in [2.05, 4.69) is 4.98 Å². The first-order valence-electron chi connectivity index (χ1n) is 6.48. The number of thiazole rings is 1. The van der Waals surface area contributed by atoms with Crippen LogP contribution in [0.15, 0.2) is 42.5 Å². The summed E-state index contributed by atoms with van der Waals surface area (Å²) in [6.07, 6.45) is -0.776. The Labute approximate surface area is 126 Å². The third-order valence-electron chi connectivity index (χ3n) is 3.27. The predicted octanol–water partition coefficient (Wildman–Crippen LogP) is 3.40. The number of aromatic nitrogens is 1. The average Bonchev–Trinajstić information content (AvgIpc) is 2.97. The summed E-state index contributed by atoms with van der Waals surface area (Å²) < 4.78 is 11.5. The Morgan fingerprint density at radius 1 is 1.05 bits per heavy atom. The van der Waals surface area contributed by atoms with Crippen LogP contribution < -0.4 is 9.47 Å². The van der Waals surface area contributed by atoms with E-state index in [9.17, 15) is 5.11 Å². The molecular weight excluding hydrogens is 286 g/mol. The highest BCUT2D eigenvalue weighted by Crippen LogP contribution is 2.34. The average molecular weight is 301 g/mol. The minimum Gasteiger partial charge on any atom is -0.493 e. The molecule has 0 aliphatic heterocycles. The van der Waals surface area contributed by atoms with Gasteiger partial charge in [-0.15, -0.1) is 11.3 Å². The number of rotatable bonds is 4. The van der Waals surface area contributed by atoms with Gasteiger partial charge in [0, 0.05) is 0 Å². The van der Waals surface area contributed by atoms with Gasteiger partial charge in [0.05, 0.1) is 24.4 Å². The number of hydrogen-bond acceptors (Lipinski definition) is 5. The largest absolute Gasteiger partial charge is 0.493 e. The Balaban J connectivity index is 1.99. The van der Waals surface area contributed by atoms with Crippen LogP contribution in [0.2, 0.25) is 0 Å². The van der Waals surface area contributed by atoms with Crippen molar-refractivity contribution in [2.75, 3.05) is 14.2 Å². The summed E-state index contributed by atoms with van der Waals surface area (Å²) in [5.74, 6) is 1.23. The fourth-order valence-corrected chi connectivity index (χ4v) is 3.15. The van der Waals surface area contributed by atoms with Crippen LogP contribution >= 0.6 is 11.3 Å². The topological polar surface area (TPSA) is 51.6 Å². The number of ether oxygens (including phenoxy) is 2. The Hall–Kier alpha value is -2.11. The molecule has 5 heteroatoms. The van der Waals surface area contributed by atoms with Crippen molar-refractivity contribution in [3.05, 3.63) is 53.0 Å². The number of fused-ring (bicyclic) bond motifs is 1. The van der Waals surface area contributed by atoms with E-state index in [-0.39, 0.29) is 0 Å². The molecule has 0 aliphatic rings. The summed E-state index contributed by atoms with van der Waals surface area (Å²) in [5.41, 5.74) is 1.63. The van der Waals surface area contributed by atoms with Crippen LogP contribution in [0.5, 0.6) is 11.5 Å². The molecule has 0 amide bonds. The second kappa shape index (κ2) is 5.71. The molecule has 0 saturated heterocycles. The van der Waals surface area contributed by atoms with Crippen LogP contribution in [0.4, 0.5) is 0 Å². The van der Waals surface area contributed by atoms with Crippen LogP contribution in [0.25, 0.3) is 10.2 Å². The molecule has 0 unspecified atom stereocenters. The number of nitrogens with zero attached hydrogens (tertiary/aromatic N) is 1. The summed E-state index contributed by atoms with van der Waals surface area (Å²) in [5, 5.41) is 11.2. The van der Waals surface area contributed by atoms with E-state index in [0.717, 1.165) is 15.8 Å². The minimum absolute atomic E-state index is 0.593. The first-order valence-corrected chi connectivity index (χ1v) is 7.30. The zero-order chi connectivity index (χ0) is 14.8. The van der Waals surface area contributed by atoms with Gasteiger partial charge in [0.2, 0.25) is 0 Å². The lowest BCUT2D eigenvalue weighted by Crippen LogP contribution is -2.00. The Morgan fingerprint density at radius 2 is 1.81 bits per heavy atom. The third kappa shape index (κ3) is 2.57. The van der Waals surface area contributed by atoms with Crippen molar-refractivity contribution in [3.63, 3.8) is 0 Å². The van der Waals surface area contributed by atoms with Gasteiger partial charge < -0.3 is 14.6 Å². The van der Waals surface area contributed by atoms with Gasteiger partial charge in [-0.25, -0.2) is 4.98 Å². The highest BCUT2D eigenvalue weighted by Gasteiger charge is 2.17. The summed E-state index contributed by atoms with van der Waals surface area (Å²) in [6.45, 7) is 0. The molecule has 4 nitrogen and oxygen atoms in total. The van der Waals surface area contributed by atoms with E-state index in [1.165, 1.54) is 11.3 Å². The van der Waals surface area contributed by atoms with E-state index >= 15 is 0 Å². The molecule has 0 saturated carbocycles. The van der Waals surface area contributed by atoms with Gasteiger partial charge in [-0.3, -0.25) is 0 Å². The van der Waals surface area contributed by atoms with Crippen molar-refractivity contribution in [2.45, 2.75) is 6.10 Å². The maximum Gasteiger partial charge on any atom is 0.161 e. The van der Waals surface area contributed by atoms with Crippen LogP contribution in [0, 0.1) is 0 Å². The standard InChI is InChI=1S/C16H15NO3S/c1-19-12-8-7-10(9-13(12)20-2)15(18)16-17-11-5-3-4-6-14(11)21-16/h3-9,15,18H,1-2H3/t15-/m0/s1. The van der Waals surface area contributed by atoms with Crippen LogP contribution in [0.3, 0.4) is 0 Å². The van der Waals surface area contributed by atoms with Crippen molar-refractivity contribution in [1.82, 2.24) is 4.98 Å². The van der Waals surface area contributed by atoms with Gasteiger partial charge >= 0.3 is 0 Å². The maximum absolute atomic E-state index is 10.5. The lowest BCUT2D eigenvalue weighted by Gasteiger charge is -2.12. The fraction of sp³-hybridized carbons (Fsp3) is 0.188. The molecule has 1 heterocycles. The SMILES string of the molecule is COc1ccc([C@H](O)c2nc3ccccc3s2)cc1OC. The van der Waals surface area contributed by atoms with Gasteiger partial charge in [-0.1, -0.05) is 18.2 Å². The molecule has 1 atom stereocenters. The molecule has 21 heavy (non-hydrogen) atoms. The zero-order valence-corrected chi connectivity index (χ0v) is 12.6. The number of para-hydroxylation sites is 1. The Morgan fingerprint density at radius 3 is 2.52 bits per heavy atom. The number of aliphatic hydroxyl groups excluding tert-OH is 1. The number of benzene rings is 2. The van der Waals surface area contributed by atoms with Crippen LogP contribution in [-0.4, -0.2) is 24.3 Å². The van der Waals surface area contributed by atoms with Gasteiger partial charge in [-0.2, -0.15) is 0 Å². The molecule has 108 valence electrons. The van der Waals surface area contributed by atoms with E-state index < -0.39 is 6.10 Å². The Kier molecular flexibility index (Phi) is 3.77. The van der Waals surface area contributed by atoms with Crippen molar-refractivity contribution in [1.29, 1.82) is 0 Å². The second-order valence-corrected chi connectivity index (χ2v) is 5.60. The fourth-order valence-electron chi connectivity index (χ4n) is 2.17. The number of methoxy groups -OCH3 is 2. The summed E-state index contributed by atoms with van der Waals surface area (Å²) in [6, 6.07) is 13.2. The number of hydrogen-bond donors (Lipinski definition) is 1. The smallest absolute Gasteiger partial charge is 0.161 e. The first-order chi connectivity index (χ1) is 10.2. The summed E-state index contributed by atoms with van der Waals surface area (Å²) >= 11 is 1.49. The summed E-state index contributed by atoms with van der Waals surface area (Å²) in [7, 11) is 3.16. The highest BCUT2D eigenvalue weighted by molar-refractivity contribution is 7.18.